The van der Waals surface area contributed by atoms with E-state index in [0.717, 1.165) is 31.4 Å². The zero-order valence-electron chi connectivity index (χ0n) is 18.8. The van der Waals surface area contributed by atoms with Gasteiger partial charge in [-0.2, -0.15) is 4.98 Å². The third-order valence-corrected chi connectivity index (χ3v) is 6.00. The number of hydrogen-bond donors (Lipinski definition) is 1. The molecule has 0 unspecified atom stereocenters. The number of nitrogens with zero attached hydrogens (tertiary/aromatic N) is 2. The van der Waals surface area contributed by atoms with Crippen molar-refractivity contribution in [3.63, 3.8) is 0 Å². The molecule has 8 nitrogen and oxygen atoms in total. The molecule has 1 aromatic heterocycles. The summed E-state index contributed by atoms with van der Waals surface area (Å²) in [6.45, 7) is 5.75. The first-order valence-electron chi connectivity index (χ1n) is 11.0. The highest BCUT2D eigenvalue weighted by molar-refractivity contribution is 7.88. The minimum Gasteiger partial charge on any atom is -0.460 e. The van der Waals surface area contributed by atoms with Gasteiger partial charge in [-0.05, 0) is 33.1 Å². The molecular formula is C21H37N3O5S. The molecule has 0 bridgehead atoms. The average Bonchev–Trinajstić information content (AvgIpc) is 3.08. The van der Waals surface area contributed by atoms with Crippen molar-refractivity contribution in [2.45, 2.75) is 96.5 Å². The van der Waals surface area contributed by atoms with E-state index in [-0.39, 0.29) is 24.9 Å². The molecule has 0 aliphatic heterocycles. The lowest BCUT2D eigenvalue weighted by Crippen LogP contribution is -2.25. The number of sulfonamides is 1. The summed E-state index contributed by atoms with van der Waals surface area (Å²) in [5.74, 6) is 1.18. The lowest BCUT2D eigenvalue weighted by atomic mass is 9.84. The Morgan fingerprint density at radius 1 is 1.27 bits per heavy atom. The fourth-order valence-corrected chi connectivity index (χ4v) is 4.38. The van der Waals surface area contributed by atoms with Crippen molar-refractivity contribution < 1.29 is 22.5 Å². The van der Waals surface area contributed by atoms with Gasteiger partial charge in [0, 0.05) is 18.9 Å². The van der Waals surface area contributed by atoms with Crippen molar-refractivity contribution >= 4 is 16.0 Å². The minimum absolute atomic E-state index is 0.187. The van der Waals surface area contributed by atoms with Gasteiger partial charge >= 0.3 is 5.97 Å². The summed E-state index contributed by atoms with van der Waals surface area (Å²) >= 11 is 0. The molecule has 1 heterocycles. The van der Waals surface area contributed by atoms with Gasteiger partial charge in [0.15, 0.2) is 5.82 Å². The fraction of sp³-hybridized carbons (Fsp3) is 0.857. The lowest BCUT2D eigenvalue weighted by molar-refractivity contribution is -0.155. The number of nitrogens with one attached hydrogen (secondary N) is 1. The minimum atomic E-state index is -3.26. The number of carbonyl (C=O) groups excluding carboxylic acids is 1. The van der Waals surface area contributed by atoms with Crippen molar-refractivity contribution in [1.82, 2.24) is 14.9 Å². The van der Waals surface area contributed by atoms with E-state index in [0.29, 0.717) is 18.1 Å². The summed E-state index contributed by atoms with van der Waals surface area (Å²) in [5.41, 5.74) is -0.541. The van der Waals surface area contributed by atoms with E-state index >= 15 is 0 Å². The predicted octanol–water partition coefficient (Wildman–Crippen LogP) is 3.73. The van der Waals surface area contributed by atoms with Crippen LogP contribution in [0.15, 0.2) is 4.52 Å². The first-order chi connectivity index (χ1) is 14.0. The van der Waals surface area contributed by atoms with Crippen molar-refractivity contribution in [1.29, 1.82) is 0 Å². The molecule has 1 N–H and O–H groups in total. The van der Waals surface area contributed by atoms with E-state index in [1.807, 2.05) is 20.8 Å². The molecule has 9 heteroatoms. The molecule has 1 aliphatic rings. The Bertz CT molecular complexity index is 764. The third-order valence-electron chi connectivity index (χ3n) is 5.27. The van der Waals surface area contributed by atoms with Gasteiger partial charge in [-0.3, -0.25) is 4.79 Å². The summed E-state index contributed by atoms with van der Waals surface area (Å²) in [6.07, 6.45) is 11.2. The van der Waals surface area contributed by atoms with Crippen LogP contribution in [-0.4, -0.2) is 42.9 Å². The molecular weight excluding hydrogens is 406 g/mol. The molecule has 1 fully saturated rings. The molecule has 0 aromatic carbocycles. The molecule has 0 radical (unpaired) electrons. The number of hydrogen-bond acceptors (Lipinski definition) is 7. The zero-order valence-corrected chi connectivity index (χ0v) is 19.6. The van der Waals surface area contributed by atoms with E-state index in [2.05, 4.69) is 14.9 Å². The highest BCUT2D eigenvalue weighted by atomic mass is 32.2. The smallest absolute Gasteiger partial charge is 0.307 e. The average molecular weight is 444 g/mol. The van der Waals surface area contributed by atoms with Crippen molar-refractivity contribution in [2.75, 3.05) is 12.8 Å². The molecule has 30 heavy (non-hydrogen) atoms. The Morgan fingerprint density at radius 2 is 1.97 bits per heavy atom. The lowest BCUT2D eigenvalue weighted by Gasteiger charge is -2.23. The summed E-state index contributed by atoms with van der Waals surface area (Å²) in [5, 5.41) is 3.96. The predicted molar refractivity (Wildman–Crippen MR) is 114 cm³/mol. The summed E-state index contributed by atoms with van der Waals surface area (Å²) in [4.78, 5) is 16.8. The number of carbonyl (C=O) groups is 1. The van der Waals surface area contributed by atoms with Gasteiger partial charge in [-0.1, -0.05) is 50.1 Å². The Hall–Kier alpha value is -1.48. The maximum Gasteiger partial charge on any atom is 0.307 e. The Labute approximate surface area is 180 Å². The SMILES string of the molecule is CC(C)(C)OC(=O)C[C@H](CCCC1CCCCC1)c1nc(CCNS(C)(=O)=O)no1. The van der Waals surface area contributed by atoms with Crippen LogP contribution >= 0.6 is 0 Å². The van der Waals surface area contributed by atoms with Crippen LogP contribution in [0, 0.1) is 5.92 Å². The fourth-order valence-electron chi connectivity index (χ4n) is 3.91. The van der Waals surface area contributed by atoms with Gasteiger partial charge in [0.1, 0.15) is 5.60 Å². The van der Waals surface area contributed by atoms with Crippen LogP contribution in [0.3, 0.4) is 0 Å². The molecule has 0 amide bonds. The maximum absolute atomic E-state index is 12.4. The third kappa shape index (κ3) is 10.0. The van der Waals surface area contributed by atoms with E-state index in [1.54, 1.807) is 0 Å². The van der Waals surface area contributed by atoms with Crippen LogP contribution in [0.5, 0.6) is 0 Å². The summed E-state index contributed by atoms with van der Waals surface area (Å²) in [6, 6.07) is 0. The van der Waals surface area contributed by atoms with Crippen LogP contribution in [0.25, 0.3) is 0 Å². The first kappa shape index (κ1) is 24.8. The normalized spacial score (nSPS) is 17.1. The van der Waals surface area contributed by atoms with E-state index in [9.17, 15) is 13.2 Å². The van der Waals surface area contributed by atoms with Crippen molar-refractivity contribution in [3.8, 4) is 0 Å². The quantitative estimate of drug-likeness (QED) is 0.519. The molecule has 1 aromatic rings. The highest BCUT2D eigenvalue weighted by Crippen LogP contribution is 2.31. The van der Waals surface area contributed by atoms with Gasteiger partial charge in [0.05, 0.1) is 12.7 Å². The van der Waals surface area contributed by atoms with Crippen molar-refractivity contribution in [2.24, 2.45) is 5.92 Å². The molecule has 1 saturated carbocycles. The van der Waals surface area contributed by atoms with Gasteiger partial charge in [0.25, 0.3) is 0 Å². The molecule has 1 aliphatic carbocycles. The van der Waals surface area contributed by atoms with Gasteiger partial charge < -0.3 is 9.26 Å². The van der Waals surface area contributed by atoms with E-state index < -0.39 is 15.6 Å². The van der Waals surface area contributed by atoms with Crippen LogP contribution < -0.4 is 4.72 Å². The van der Waals surface area contributed by atoms with Gasteiger partial charge in [0.2, 0.25) is 15.9 Å². The maximum atomic E-state index is 12.4. The number of ether oxygens (including phenoxy) is 1. The second-order valence-corrected chi connectivity index (χ2v) is 11.2. The molecule has 2 rings (SSSR count). The number of esters is 1. The van der Waals surface area contributed by atoms with Crippen molar-refractivity contribution in [3.05, 3.63) is 11.7 Å². The Kier molecular flexibility index (Phi) is 9.28. The molecule has 0 saturated heterocycles. The highest BCUT2D eigenvalue weighted by Gasteiger charge is 2.26. The van der Waals surface area contributed by atoms with Crippen LogP contribution in [0.2, 0.25) is 0 Å². The molecule has 0 spiro atoms. The molecule has 1 atom stereocenters. The number of aromatic nitrogens is 2. The Morgan fingerprint density at radius 3 is 2.60 bits per heavy atom. The standard InChI is InChI=1S/C21H37N3O5S/c1-21(2,3)28-19(25)15-17(12-8-11-16-9-6-5-7-10-16)20-23-18(24-29-20)13-14-22-30(4,26)27/h16-17,22H,5-15H2,1-4H3/t17-/m0/s1. The second kappa shape index (κ2) is 11.2. The largest absolute Gasteiger partial charge is 0.460 e. The number of rotatable bonds is 11. The monoisotopic (exact) mass is 443 g/mol. The van der Waals surface area contributed by atoms with E-state index in [4.69, 9.17) is 9.26 Å². The van der Waals surface area contributed by atoms with E-state index in [1.165, 1.54) is 32.1 Å². The zero-order chi connectivity index (χ0) is 22.2. The van der Waals surface area contributed by atoms with Gasteiger partial charge in [-0.25, -0.2) is 13.1 Å². The second-order valence-electron chi connectivity index (χ2n) is 9.39. The van der Waals surface area contributed by atoms with Crippen LogP contribution in [0.1, 0.15) is 96.2 Å². The summed E-state index contributed by atoms with van der Waals surface area (Å²) < 4.78 is 35.7. The Balaban J connectivity index is 1.96. The topological polar surface area (TPSA) is 111 Å². The first-order valence-corrected chi connectivity index (χ1v) is 12.9. The molecule has 172 valence electrons. The van der Waals surface area contributed by atoms with Gasteiger partial charge in [-0.15, -0.1) is 0 Å². The van der Waals surface area contributed by atoms with Crippen LogP contribution in [-0.2, 0) is 26.0 Å². The summed E-state index contributed by atoms with van der Waals surface area (Å²) in [7, 11) is -3.26. The van der Waals surface area contributed by atoms with Crippen LogP contribution in [0.4, 0.5) is 0 Å².